The van der Waals surface area contributed by atoms with Gasteiger partial charge in [-0.25, -0.2) is 0 Å². The van der Waals surface area contributed by atoms with Gasteiger partial charge in [0.05, 0.1) is 25.4 Å². The number of hydrogen-bond acceptors (Lipinski definition) is 8. The third-order valence-corrected chi connectivity index (χ3v) is 16.5. The number of carbonyl (C=O) groups excluding carboxylic acids is 1. The first kappa shape index (κ1) is 77.6. The van der Waals surface area contributed by atoms with Crippen LogP contribution in [-0.2, 0) is 14.3 Å². The van der Waals surface area contributed by atoms with Crippen LogP contribution in [0.3, 0.4) is 0 Å². The van der Waals surface area contributed by atoms with Crippen LogP contribution >= 0.6 is 0 Å². The summed E-state index contributed by atoms with van der Waals surface area (Å²) < 4.78 is 11.3. The van der Waals surface area contributed by atoms with Crippen molar-refractivity contribution in [2.75, 3.05) is 13.2 Å². The molecule has 0 aliphatic carbocycles. The van der Waals surface area contributed by atoms with Crippen LogP contribution in [0.4, 0.5) is 0 Å². The number of carbonyl (C=O) groups is 1. The summed E-state index contributed by atoms with van der Waals surface area (Å²) in [4.78, 5) is 13.1. The van der Waals surface area contributed by atoms with Crippen LogP contribution in [0.2, 0.25) is 0 Å². The van der Waals surface area contributed by atoms with Crippen molar-refractivity contribution in [3.63, 3.8) is 0 Å². The van der Waals surface area contributed by atoms with Crippen LogP contribution in [-0.4, -0.2) is 87.5 Å². The van der Waals surface area contributed by atoms with Gasteiger partial charge in [0, 0.05) is 6.42 Å². The largest absolute Gasteiger partial charge is 0.394 e. The van der Waals surface area contributed by atoms with Gasteiger partial charge in [-0.15, -0.1) is 0 Å². The number of allylic oxidation sites excluding steroid dienone is 11. The van der Waals surface area contributed by atoms with E-state index in [0.29, 0.717) is 6.42 Å². The third-order valence-electron chi connectivity index (χ3n) is 16.5. The van der Waals surface area contributed by atoms with Gasteiger partial charge >= 0.3 is 0 Å². The Morgan fingerprint density at radius 2 is 0.732 bits per heavy atom. The first-order chi connectivity index (χ1) is 40.3. The maximum atomic E-state index is 13.1. The summed E-state index contributed by atoms with van der Waals surface area (Å²) in [7, 11) is 0. The first-order valence-corrected chi connectivity index (χ1v) is 35.2. The Kier molecular flexibility index (Phi) is 58.4. The lowest BCUT2D eigenvalue weighted by atomic mass is 9.99. The molecule has 0 aromatic carbocycles. The summed E-state index contributed by atoms with van der Waals surface area (Å²) in [6.45, 7) is 3.78. The SMILES string of the molecule is CCCCCCC/C=C\C/C=C\C/C=C\CCCCCCCCCCCCCCCCCCCCCCC(=O)NC(COC1OC(CO)C(O)C(O)C1O)C(O)/C=C/CC/C=C/CC/C=C/CCCCCCCCCCCCCCCC. The second kappa shape index (κ2) is 61.7. The van der Waals surface area contributed by atoms with E-state index in [1.807, 2.05) is 6.08 Å². The summed E-state index contributed by atoms with van der Waals surface area (Å²) in [5.41, 5.74) is 0. The number of nitrogens with one attached hydrogen (secondary N) is 1. The number of amides is 1. The van der Waals surface area contributed by atoms with Gasteiger partial charge in [0.15, 0.2) is 6.29 Å². The zero-order valence-electron chi connectivity index (χ0n) is 53.5. The van der Waals surface area contributed by atoms with Gasteiger partial charge in [0.1, 0.15) is 24.4 Å². The molecule has 6 N–H and O–H groups in total. The Hall–Kier alpha value is -2.37. The summed E-state index contributed by atoms with van der Waals surface area (Å²) in [5.74, 6) is -0.187. The zero-order valence-corrected chi connectivity index (χ0v) is 53.5. The smallest absolute Gasteiger partial charge is 0.220 e. The summed E-state index contributed by atoms with van der Waals surface area (Å²) >= 11 is 0. The molecule has 1 saturated heterocycles. The molecule has 0 aromatic rings. The molecule has 1 heterocycles. The van der Waals surface area contributed by atoms with Crippen molar-refractivity contribution in [3.05, 3.63) is 72.9 Å². The number of aliphatic hydroxyl groups is 5. The molecule has 82 heavy (non-hydrogen) atoms. The van der Waals surface area contributed by atoms with E-state index in [1.165, 1.54) is 250 Å². The van der Waals surface area contributed by atoms with Crippen molar-refractivity contribution < 1.29 is 39.8 Å². The van der Waals surface area contributed by atoms with Crippen molar-refractivity contribution in [2.45, 2.75) is 371 Å². The van der Waals surface area contributed by atoms with Gasteiger partial charge in [-0.1, -0.05) is 311 Å². The quantitative estimate of drug-likeness (QED) is 0.0261. The van der Waals surface area contributed by atoms with Gasteiger partial charge in [-0.05, 0) is 83.5 Å². The number of aliphatic hydroxyl groups excluding tert-OH is 5. The number of ether oxygens (including phenoxy) is 2. The highest BCUT2D eigenvalue weighted by Gasteiger charge is 2.44. The Bertz CT molecular complexity index is 1520. The van der Waals surface area contributed by atoms with Crippen LogP contribution in [0.25, 0.3) is 0 Å². The molecule has 1 aliphatic heterocycles. The Balaban J connectivity index is 2.14. The highest BCUT2D eigenvalue weighted by molar-refractivity contribution is 5.76. The van der Waals surface area contributed by atoms with E-state index < -0.39 is 49.5 Å². The van der Waals surface area contributed by atoms with E-state index in [4.69, 9.17) is 9.47 Å². The molecule has 1 amide bonds. The lowest BCUT2D eigenvalue weighted by Crippen LogP contribution is -2.60. The first-order valence-electron chi connectivity index (χ1n) is 35.2. The molecule has 0 bridgehead atoms. The van der Waals surface area contributed by atoms with E-state index in [2.05, 4.69) is 79.9 Å². The molecule has 1 fully saturated rings. The summed E-state index contributed by atoms with van der Waals surface area (Å²) in [6.07, 6.45) is 80.1. The molecule has 0 aromatic heterocycles. The summed E-state index contributed by atoms with van der Waals surface area (Å²) in [6, 6.07) is -0.831. The van der Waals surface area contributed by atoms with Gasteiger partial charge in [0.25, 0.3) is 0 Å². The minimum atomic E-state index is -1.58. The normalized spacial score (nSPS) is 18.7. The molecule has 7 atom stereocenters. The molecule has 1 rings (SSSR count). The molecule has 9 nitrogen and oxygen atoms in total. The monoisotopic (exact) mass is 1150 g/mol. The Morgan fingerprint density at radius 3 is 1.11 bits per heavy atom. The zero-order chi connectivity index (χ0) is 59.3. The topological polar surface area (TPSA) is 149 Å². The Morgan fingerprint density at radius 1 is 0.415 bits per heavy atom. The number of hydrogen-bond donors (Lipinski definition) is 6. The molecule has 9 heteroatoms. The average molecular weight is 1150 g/mol. The molecule has 1 aliphatic rings. The van der Waals surface area contributed by atoms with E-state index in [9.17, 15) is 30.3 Å². The second-order valence-electron chi connectivity index (χ2n) is 24.3. The van der Waals surface area contributed by atoms with E-state index >= 15 is 0 Å². The van der Waals surface area contributed by atoms with Gasteiger partial charge in [-0.2, -0.15) is 0 Å². The fourth-order valence-corrected chi connectivity index (χ4v) is 11.0. The van der Waals surface area contributed by atoms with Crippen LogP contribution in [0, 0.1) is 0 Å². The molecule has 0 radical (unpaired) electrons. The lowest BCUT2D eigenvalue weighted by Gasteiger charge is -2.40. The number of unbranched alkanes of at least 4 members (excludes halogenated alkanes) is 41. The van der Waals surface area contributed by atoms with Crippen molar-refractivity contribution in [1.82, 2.24) is 5.32 Å². The Labute approximate surface area is 506 Å². The molecule has 7 unspecified atom stereocenters. The molecule has 0 spiro atoms. The minimum absolute atomic E-state index is 0.187. The highest BCUT2D eigenvalue weighted by Crippen LogP contribution is 2.23. The van der Waals surface area contributed by atoms with Crippen molar-refractivity contribution in [2.24, 2.45) is 0 Å². The van der Waals surface area contributed by atoms with E-state index in [0.717, 1.165) is 57.8 Å². The molecule has 478 valence electrons. The molecular formula is C73H133NO8. The van der Waals surface area contributed by atoms with Crippen LogP contribution < -0.4 is 5.32 Å². The predicted octanol–water partition coefficient (Wildman–Crippen LogP) is 19.1. The maximum Gasteiger partial charge on any atom is 0.220 e. The standard InChI is InChI=1S/C73H133NO8/c1-3-5-7-9-11-13-15-17-19-21-23-25-27-29-30-31-32-33-34-35-36-37-38-39-41-43-45-47-49-51-53-55-57-59-61-63-69(77)74-66(65-81-73-72(80)71(79)70(78)68(64-75)82-73)67(76)62-60-58-56-54-52-50-48-46-44-42-40-28-26-24-22-20-18-16-14-12-10-8-6-4-2/h15,17,21,23,27,29,44,46,52,54,60,62,66-68,70-73,75-76,78-80H,3-14,16,18-20,22,24-26,28,30-43,45,47-51,53,55-59,61,63-65H2,1-2H3,(H,74,77)/b17-15-,23-21-,29-27-,46-44+,54-52+,62-60+. The molecular weight excluding hydrogens is 1020 g/mol. The third kappa shape index (κ3) is 49.8. The van der Waals surface area contributed by atoms with Gasteiger partial charge in [-0.3, -0.25) is 4.79 Å². The minimum Gasteiger partial charge on any atom is -0.394 e. The van der Waals surface area contributed by atoms with E-state index in [1.54, 1.807) is 6.08 Å². The van der Waals surface area contributed by atoms with Crippen molar-refractivity contribution in [3.8, 4) is 0 Å². The van der Waals surface area contributed by atoms with Crippen LogP contribution in [0.15, 0.2) is 72.9 Å². The van der Waals surface area contributed by atoms with Crippen LogP contribution in [0.5, 0.6) is 0 Å². The fraction of sp³-hybridized carbons (Fsp3) is 0.822. The summed E-state index contributed by atoms with van der Waals surface area (Å²) in [5, 5.41) is 54.7. The fourth-order valence-electron chi connectivity index (χ4n) is 11.0. The lowest BCUT2D eigenvalue weighted by molar-refractivity contribution is -0.302. The average Bonchev–Trinajstić information content (AvgIpc) is 3.52. The molecule has 0 saturated carbocycles. The second-order valence-corrected chi connectivity index (χ2v) is 24.3. The van der Waals surface area contributed by atoms with Crippen molar-refractivity contribution in [1.29, 1.82) is 0 Å². The van der Waals surface area contributed by atoms with Crippen LogP contribution in [0.1, 0.15) is 328 Å². The maximum absolute atomic E-state index is 13.1. The van der Waals surface area contributed by atoms with Crippen molar-refractivity contribution >= 4 is 5.91 Å². The highest BCUT2D eigenvalue weighted by atomic mass is 16.7. The number of rotatable bonds is 61. The van der Waals surface area contributed by atoms with E-state index in [-0.39, 0.29) is 12.5 Å². The predicted molar refractivity (Wildman–Crippen MR) is 350 cm³/mol. The van der Waals surface area contributed by atoms with Gasteiger partial charge in [0.2, 0.25) is 5.91 Å². The van der Waals surface area contributed by atoms with Gasteiger partial charge < -0.3 is 40.3 Å².